The maximum Gasteiger partial charge on any atom is 0.251 e. The van der Waals surface area contributed by atoms with Gasteiger partial charge in [0.15, 0.2) is 0 Å². The summed E-state index contributed by atoms with van der Waals surface area (Å²) in [5.41, 5.74) is 0.704. The number of carbonyl (C=O) groups is 1. The second-order valence-electron chi connectivity index (χ2n) is 4.52. The summed E-state index contributed by atoms with van der Waals surface area (Å²) in [6.07, 6.45) is 17.8. The molecule has 0 bridgehead atoms. The maximum atomic E-state index is 11.9. The topological polar surface area (TPSA) is 41.1 Å². The summed E-state index contributed by atoms with van der Waals surface area (Å²) < 4.78 is 0. The van der Waals surface area contributed by atoms with Gasteiger partial charge in [-0.05, 0) is 38.6 Å². The van der Waals surface area contributed by atoms with Crippen LogP contribution in [-0.4, -0.2) is 26.0 Å². The van der Waals surface area contributed by atoms with E-state index in [1.54, 1.807) is 0 Å². The van der Waals surface area contributed by atoms with E-state index in [0.717, 1.165) is 19.5 Å². The third-order valence-corrected chi connectivity index (χ3v) is 2.90. The summed E-state index contributed by atoms with van der Waals surface area (Å²) in [6, 6.07) is 0. The van der Waals surface area contributed by atoms with Crippen LogP contribution in [0, 0.1) is 0 Å². The Kier molecular flexibility index (Phi) is 8.39. The van der Waals surface area contributed by atoms with Crippen molar-refractivity contribution in [3.63, 3.8) is 0 Å². The second kappa shape index (κ2) is 10.3. The quantitative estimate of drug-likeness (QED) is 0.658. The lowest BCUT2D eigenvalue weighted by Crippen LogP contribution is -2.25. The van der Waals surface area contributed by atoms with Gasteiger partial charge in [0.2, 0.25) is 0 Å². The first-order valence-corrected chi connectivity index (χ1v) is 6.99. The van der Waals surface area contributed by atoms with Crippen LogP contribution < -0.4 is 10.6 Å². The van der Waals surface area contributed by atoms with Crippen LogP contribution in [0.2, 0.25) is 0 Å². The Labute approximate surface area is 116 Å². The number of amides is 1. The molecule has 0 spiro atoms. The fourth-order valence-corrected chi connectivity index (χ4v) is 1.80. The van der Waals surface area contributed by atoms with Gasteiger partial charge in [-0.2, -0.15) is 0 Å². The zero-order valence-electron chi connectivity index (χ0n) is 11.7. The molecule has 0 saturated carbocycles. The Balaban J connectivity index is 2.17. The minimum atomic E-state index is 0.00595. The van der Waals surface area contributed by atoms with Crippen molar-refractivity contribution >= 4 is 5.91 Å². The molecule has 0 aromatic carbocycles. The van der Waals surface area contributed by atoms with Crippen molar-refractivity contribution in [3.8, 4) is 0 Å². The smallest absolute Gasteiger partial charge is 0.251 e. The van der Waals surface area contributed by atoms with E-state index in [9.17, 15) is 4.79 Å². The molecular formula is C16H24N2O. The largest absolute Gasteiger partial charge is 0.352 e. The minimum Gasteiger partial charge on any atom is -0.352 e. The first kappa shape index (κ1) is 15.4. The molecular weight excluding hydrogens is 236 g/mol. The zero-order valence-corrected chi connectivity index (χ0v) is 11.7. The van der Waals surface area contributed by atoms with Gasteiger partial charge < -0.3 is 10.6 Å². The van der Waals surface area contributed by atoms with E-state index in [2.05, 4.69) is 10.6 Å². The molecule has 0 heterocycles. The molecule has 1 aliphatic carbocycles. The molecule has 0 atom stereocenters. The Bertz CT molecular complexity index is 378. The third kappa shape index (κ3) is 7.42. The number of allylic oxidation sites excluding steroid dienone is 6. The molecule has 0 aliphatic heterocycles. The van der Waals surface area contributed by atoms with Gasteiger partial charge >= 0.3 is 0 Å². The van der Waals surface area contributed by atoms with Crippen LogP contribution in [0.4, 0.5) is 0 Å². The van der Waals surface area contributed by atoms with E-state index in [0.29, 0.717) is 5.57 Å². The number of rotatable bonds is 8. The molecule has 0 unspecified atom stereocenters. The number of unbranched alkanes of at least 4 members (excludes halogenated alkanes) is 3. The summed E-state index contributed by atoms with van der Waals surface area (Å²) in [4.78, 5) is 11.9. The first-order valence-electron chi connectivity index (χ1n) is 6.99. The standard InChI is InChI=1S/C16H24N2O/c1-17-13-9-5-6-10-14-18-16(19)15-11-7-3-2-4-8-12-15/h2-4,7-8,11-12,17H,5-6,9-10,13-14H2,1H3,(H,18,19)/b3-2-,4-2?,7-3?,8-4-,11-7-,12-8?,15-11?,15-12+. The van der Waals surface area contributed by atoms with E-state index in [-0.39, 0.29) is 5.91 Å². The summed E-state index contributed by atoms with van der Waals surface area (Å²) in [7, 11) is 1.97. The van der Waals surface area contributed by atoms with E-state index < -0.39 is 0 Å². The summed E-state index contributed by atoms with van der Waals surface area (Å²) in [5.74, 6) is 0.00595. The molecule has 0 aromatic rings. The summed E-state index contributed by atoms with van der Waals surface area (Å²) in [5, 5.41) is 6.09. The van der Waals surface area contributed by atoms with Gasteiger partial charge in [0.25, 0.3) is 5.91 Å². The molecule has 104 valence electrons. The molecule has 3 heteroatoms. The van der Waals surface area contributed by atoms with Crippen LogP contribution in [0.3, 0.4) is 0 Å². The Morgan fingerprint density at radius 1 is 0.947 bits per heavy atom. The molecule has 1 amide bonds. The van der Waals surface area contributed by atoms with Gasteiger partial charge in [0.05, 0.1) is 0 Å². The monoisotopic (exact) mass is 260 g/mol. The van der Waals surface area contributed by atoms with E-state index in [1.807, 2.05) is 49.6 Å². The fourth-order valence-electron chi connectivity index (χ4n) is 1.80. The van der Waals surface area contributed by atoms with Gasteiger partial charge in [-0.1, -0.05) is 43.2 Å². The number of hydrogen-bond donors (Lipinski definition) is 2. The Hall–Kier alpha value is -1.61. The van der Waals surface area contributed by atoms with Gasteiger partial charge in [-0.3, -0.25) is 4.79 Å². The van der Waals surface area contributed by atoms with Crippen molar-refractivity contribution in [2.24, 2.45) is 0 Å². The van der Waals surface area contributed by atoms with E-state index >= 15 is 0 Å². The van der Waals surface area contributed by atoms with Crippen molar-refractivity contribution in [2.75, 3.05) is 20.1 Å². The van der Waals surface area contributed by atoms with Crippen LogP contribution in [0.15, 0.2) is 48.1 Å². The van der Waals surface area contributed by atoms with E-state index in [1.165, 1.54) is 19.3 Å². The molecule has 1 rings (SSSR count). The van der Waals surface area contributed by atoms with Crippen LogP contribution in [0.5, 0.6) is 0 Å². The van der Waals surface area contributed by atoms with Crippen molar-refractivity contribution in [3.05, 3.63) is 48.1 Å². The lowest BCUT2D eigenvalue weighted by molar-refractivity contribution is -0.117. The second-order valence-corrected chi connectivity index (χ2v) is 4.52. The minimum absolute atomic E-state index is 0.00595. The number of nitrogens with one attached hydrogen (secondary N) is 2. The van der Waals surface area contributed by atoms with Gasteiger partial charge in [-0.25, -0.2) is 0 Å². The van der Waals surface area contributed by atoms with Crippen molar-refractivity contribution in [2.45, 2.75) is 25.7 Å². The Morgan fingerprint density at radius 3 is 2.42 bits per heavy atom. The lowest BCUT2D eigenvalue weighted by atomic mass is 10.1. The number of hydrogen-bond acceptors (Lipinski definition) is 2. The highest BCUT2D eigenvalue weighted by molar-refractivity contribution is 5.96. The highest BCUT2D eigenvalue weighted by atomic mass is 16.1. The molecule has 0 saturated heterocycles. The normalized spacial score (nSPS) is 21.6. The SMILES string of the molecule is CNCCCCCCNC(=O)C1=C/C=C\C=C/C=C\1. The summed E-state index contributed by atoms with van der Waals surface area (Å²) in [6.45, 7) is 1.83. The van der Waals surface area contributed by atoms with Crippen LogP contribution in [0.25, 0.3) is 0 Å². The highest BCUT2D eigenvalue weighted by Gasteiger charge is 2.04. The summed E-state index contributed by atoms with van der Waals surface area (Å²) >= 11 is 0. The average molecular weight is 260 g/mol. The lowest BCUT2D eigenvalue weighted by Gasteiger charge is -2.06. The van der Waals surface area contributed by atoms with Crippen molar-refractivity contribution in [1.29, 1.82) is 0 Å². The van der Waals surface area contributed by atoms with Gasteiger partial charge in [-0.15, -0.1) is 0 Å². The highest BCUT2D eigenvalue weighted by Crippen LogP contribution is 2.02. The van der Waals surface area contributed by atoms with Gasteiger partial charge in [0.1, 0.15) is 0 Å². The molecule has 0 aromatic heterocycles. The predicted octanol–water partition coefficient (Wildman–Crippen LogP) is 2.49. The third-order valence-electron chi connectivity index (χ3n) is 2.90. The van der Waals surface area contributed by atoms with Crippen molar-refractivity contribution in [1.82, 2.24) is 10.6 Å². The van der Waals surface area contributed by atoms with Crippen molar-refractivity contribution < 1.29 is 4.79 Å². The van der Waals surface area contributed by atoms with Crippen LogP contribution in [0.1, 0.15) is 25.7 Å². The van der Waals surface area contributed by atoms with Crippen LogP contribution >= 0.6 is 0 Å². The molecule has 0 radical (unpaired) electrons. The number of carbonyl (C=O) groups excluding carboxylic acids is 1. The molecule has 0 fully saturated rings. The zero-order chi connectivity index (χ0) is 13.8. The predicted molar refractivity (Wildman–Crippen MR) is 80.9 cm³/mol. The fraction of sp³-hybridized carbons (Fsp3) is 0.438. The van der Waals surface area contributed by atoms with Crippen LogP contribution in [-0.2, 0) is 4.79 Å². The Morgan fingerprint density at radius 2 is 1.63 bits per heavy atom. The van der Waals surface area contributed by atoms with E-state index in [4.69, 9.17) is 0 Å². The molecule has 19 heavy (non-hydrogen) atoms. The van der Waals surface area contributed by atoms with Gasteiger partial charge in [0, 0.05) is 12.1 Å². The average Bonchev–Trinajstić information content (AvgIpc) is 2.37. The molecule has 1 aliphatic rings. The maximum absolute atomic E-state index is 11.9. The first-order chi connectivity index (χ1) is 9.34. The molecule has 2 N–H and O–H groups in total. The molecule has 3 nitrogen and oxygen atoms in total.